The number of carbonyl (C=O) groups is 8. The number of nitrogens with zero attached hydrogens (tertiary/aromatic N) is 3. The Morgan fingerprint density at radius 3 is 1.68 bits per heavy atom. The van der Waals surface area contributed by atoms with E-state index < -0.39 is 84.8 Å². The van der Waals surface area contributed by atoms with Crippen molar-refractivity contribution in [2.24, 2.45) is 11.8 Å². The van der Waals surface area contributed by atoms with Crippen molar-refractivity contribution < 1.29 is 38.4 Å². The van der Waals surface area contributed by atoms with E-state index in [0.29, 0.717) is 71.0 Å². The summed E-state index contributed by atoms with van der Waals surface area (Å²) in [6, 6.07) is 3.41. The lowest BCUT2D eigenvalue weighted by atomic mass is 9.96. The molecule has 0 aromatic heterocycles. The second-order valence-electron chi connectivity index (χ2n) is 15.6. The zero-order valence-electron chi connectivity index (χ0n) is 33.0. The molecule has 5 rings (SSSR count). The summed E-state index contributed by atoms with van der Waals surface area (Å²) in [7, 11) is 0. The molecule has 306 valence electrons. The molecule has 4 heterocycles. The third kappa shape index (κ3) is 9.85. The van der Waals surface area contributed by atoms with Crippen molar-refractivity contribution in [2.45, 2.75) is 122 Å². The van der Waals surface area contributed by atoms with Crippen LogP contribution in [-0.4, -0.2) is 131 Å². The van der Waals surface area contributed by atoms with Crippen molar-refractivity contribution in [1.29, 1.82) is 0 Å². The van der Waals surface area contributed by atoms with Crippen LogP contribution in [-0.2, 0) is 44.8 Å². The van der Waals surface area contributed by atoms with Crippen LogP contribution in [0, 0.1) is 11.8 Å². The normalized spacial score (nSPS) is 28.9. The zero-order valence-corrected chi connectivity index (χ0v) is 33.0. The Morgan fingerprint density at radius 2 is 1.09 bits per heavy atom. The average molecular weight is 779 g/mol. The number of fused-ring (bicyclic) bond motifs is 3. The van der Waals surface area contributed by atoms with Gasteiger partial charge in [0.1, 0.15) is 36.3 Å². The molecule has 0 radical (unpaired) electrons. The first-order valence-corrected chi connectivity index (χ1v) is 20.2. The molecule has 4 saturated heterocycles. The monoisotopic (exact) mass is 778 g/mol. The summed E-state index contributed by atoms with van der Waals surface area (Å²) < 4.78 is 0. The van der Waals surface area contributed by atoms with Crippen molar-refractivity contribution in [1.82, 2.24) is 41.3 Å². The van der Waals surface area contributed by atoms with E-state index in [-0.39, 0.29) is 30.1 Å². The zero-order chi connectivity index (χ0) is 40.5. The van der Waals surface area contributed by atoms with Gasteiger partial charge in [-0.2, -0.15) is 0 Å². The number of rotatable bonds is 6. The van der Waals surface area contributed by atoms with Crippen molar-refractivity contribution in [3.8, 4) is 0 Å². The first-order chi connectivity index (χ1) is 26.8. The highest BCUT2D eigenvalue weighted by atomic mass is 16.2. The first-order valence-electron chi connectivity index (χ1n) is 20.2. The predicted octanol–water partition coefficient (Wildman–Crippen LogP) is -0.00530. The Hall–Kier alpha value is -5.02. The topological polar surface area (TPSA) is 206 Å². The van der Waals surface area contributed by atoms with Crippen LogP contribution in [0.5, 0.6) is 0 Å². The van der Waals surface area contributed by atoms with Crippen LogP contribution >= 0.6 is 0 Å². The lowest BCUT2D eigenvalue weighted by molar-refractivity contribution is -0.151. The second-order valence-corrected chi connectivity index (χ2v) is 15.6. The number of carbonyl (C=O) groups excluding carboxylic acids is 8. The maximum absolute atomic E-state index is 14.3. The van der Waals surface area contributed by atoms with Gasteiger partial charge in [-0.1, -0.05) is 70.9 Å². The molecule has 1 aromatic rings. The molecule has 16 heteroatoms. The van der Waals surface area contributed by atoms with Gasteiger partial charge in [-0.25, -0.2) is 0 Å². The Balaban J connectivity index is 1.45. The summed E-state index contributed by atoms with van der Waals surface area (Å²) >= 11 is 0. The van der Waals surface area contributed by atoms with E-state index in [1.54, 1.807) is 29.2 Å². The Morgan fingerprint density at radius 1 is 0.571 bits per heavy atom. The van der Waals surface area contributed by atoms with Crippen LogP contribution < -0.4 is 26.6 Å². The van der Waals surface area contributed by atoms with Crippen LogP contribution in [0.4, 0.5) is 0 Å². The van der Waals surface area contributed by atoms with Crippen LogP contribution in [0.1, 0.15) is 84.6 Å². The highest BCUT2D eigenvalue weighted by Gasteiger charge is 2.47. The Labute approximate surface area is 328 Å². The number of hydrogen-bond acceptors (Lipinski definition) is 8. The standard InChI is InChI=1S/C40H58N8O8/c1-5-24(3)33-37(53)43-27(21-26-13-8-7-9-14-26)35(51)42-22-31(49)41-23-32(50)44-34(25(4)6-2)40(56)48-20-12-17-30(48)39(55)47-19-11-16-29(47)38(54)46-18-10-15-28(46)36(52)45-33/h7-9,13-14,24-25,27-30,33-34H,5-6,10-12,15-23H2,1-4H3,(H,41,49)(H,42,51)(H,43,53)(H,44,50)(H,45,52). The highest BCUT2D eigenvalue weighted by Crippen LogP contribution is 2.29. The summed E-state index contributed by atoms with van der Waals surface area (Å²) in [4.78, 5) is 115. The SMILES string of the molecule is CCC(C)C1NC(=O)C2CCCN2C(=O)C2CCCN2C(=O)C2CCCN2C(=O)C(C(C)CC)NC(=O)CNC(=O)CNC(=O)C(Cc2ccccc2)NC1=O. The van der Waals surface area contributed by atoms with Gasteiger partial charge in [0.2, 0.25) is 47.3 Å². The number of amides is 8. The van der Waals surface area contributed by atoms with E-state index in [0.717, 1.165) is 5.56 Å². The maximum Gasteiger partial charge on any atom is 0.246 e. The molecule has 1 aromatic carbocycles. The van der Waals surface area contributed by atoms with E-state index in [1.165, 1.54) is 9.80 Å². The Bertz CT molecular complexity index is 1640. The fourth-order valence-corrected chi connectivity index (χ4v) is 8.15. The van der Waals surface area contributed by atoms with Crippen molar-refractivity contribution in [3.05, 3.63) is 35.9 Å². The molecule has 8 atom stereocenters. The van der Waals surface area contributed by atoms with Crippen LogP contribution in [0.25, 0.3) is 0 Å². The number of nitrogens with one attached hydrogen (secondary N) is 5. The molecule has 0 bridgehead atoms. The highest BCUT2D eigenvalue weighted by molar-refractivity contribution is 5.98. The van der Waals surface area contributed by atoms with Crippen molar-refractivity contribution in [3.63, 3.8) is 0 Å². The minimum absolute atomic E-state index is 0.0913. The van der Waals surface area contributed by atoms with Crippen LogP contribution in [0.3, 0.4) is 0 Å². The van der Waals surface area contributed by atoms with Gasteiger partial charge in [0.05, 0.1) is 13.1 Å². The van der Waals surface area contributed by atoms with Gasteiger partial charge in [-0.15, -0.1) is 0 Å². The minimum atomic E-state index is -1.12. The molecule has 8 unspecified atom stereocenters. The molecule has 4 fully saturated rings. The van der Waals surface area contributed by atoms with E-state index in [1.807, 2.05) is 33.8 Å². The fraction of sp³-hybridized carbons (Fsp3) is 0.650. The van der Waals surface area contributed by atoms with Gasteiger partial charge >= 0.3 is 0 Å². The molecular formula is C40H58N8O8. The van der Waals surface area contributed by atoms with Gasteiger partial charge in [-0.3, -0.25) is 38.4 Å². The Kier molecular flexibility index (Phi) is 14.5. The van der Waals surface area contributed by atoms with Gasteiger partial charge < -0.3 is 41.3 Å². The number of benzene rings is 1. The molecule has 5 N–H and O–H groups in total. The van der Waals surface area contributed by atoms with Gasteiger partial charge in [0.25, 0.3) is 0 Å². The van der Waals surface area contributed by atoms with E-state index in [9.17, 15) is 38.4 Å². The smallest absolute Gasteiger partial charge is 0.246 e. The molecule has 0 spiro atoms. The summed E-state index contributed by atoms with van der Waals surface area (Å²) in [6.07, 6.45) is 4.07. The maximum atomic E-state index is 14.3. The lowest BCUT2D eigenvalue weighted by Gasteiger charge is -2.36. The van der Waals surface area contributed by atoms with Gasteiger partial charge in [0, 0.05) is 26.1 Å². The van der Waals surface area contributed by atoms with Crippen LogP contribution in [0.15, 0.2) is 30.3 Å². The van der Waals surface area contributed by atoms with Crippen LogP contribution in [0.2, 0.25) is 0 Å². The molecule has 0 saturated carbocycles. The minimum Gasteiger partial charge on any atom is -0.346 e. The van der Waals surface area contributed by atoms with E-state index in [2.05, 4.69) is 26.6 Å². The largest absolute Gasteiger partial charge is 0.346 e. The van der Waals surface area contributed by atoms with Gasteiger partial charge in [0.15, 0.2) is 0 Å². The summed E-state index contributed by atoms with van der Waals surface area (Å²) in [5, 5.41) is 13.5. The molecule has 56 heavy (non-hydrogen) atoms. The third-order valence-electron chi connectivity index (χ3n) is 11.9. The first kappa shape index (κ1) is 42.1. The summed E-state index contributed by atoms with van der Waals surface area (Å²) in [5.41, 5.74) is 0.747. The van der Waals surface area contributed by atoms with Crippen molar-refractivity contribution >= 4 is 47.3 Å². The predicted molar refractivity (Wildman–Crippen MR) is 205 cm³/mol. The number of hydrogen-bond donors (Lipinski definition) is 5. The molecule has 16 nitrogen and oxygen atoms in total. The third-order valence-corrected chi connectivity index (χ3v) is 11.9. The quantitative estimate of drug-likeness (QED) is 0.265. The fourth-order valence-electron chi connectivity index (χ4n) is 8.15. The second kappa shape index (κ2) is 19.2. The van der Waals surface area contributed by atoms with Crippen molar-refractivity contribution in [2.75, 3.05) is 32.7 Å². The molecule has 8 amide bonds. The summed E-state index contributed by atoms with van der Waals surface area (Å²) in [5.74, 6) is -4.72. The van der Waals surface area contributed by atoms with E-state index >= 15 is 0 Å². The summed E-state index contributed by atoms with van der Waals surface area (Å²) in [6.45, 7) is 7.40. The molecule has 4 aliphatic rings. The lowest BCUT2D eigenvalue weighted by Crippen LogP contribution is -2.60. The molecule has 0 aliphatic carbocycles. The van der Waals surface area contributed by atoms with Gasteiger partial charge in [-0.05, 0) is 55.9 Å². The molecular weight excluding hydrogens is 720 g/mol. The molecule has 4 aliphatic heterocycles. The average Bonchev–Trinajstić information content (AvgIpc) is 4.00. The van der Waals surface area contributed by atoms with E-state index in [4.69, 9.17) is 0 Å².